The highest BCUT2D eigenvalue weighted by Crippen LogP contribution is 2.09. The molecule has 1 N–H and O–H groups in total. The van der Waals surface area contributed by atoms with Gasteiger partial charge in [-0.05, 0) is 12.6 Å². The van der Waals surface area contributed by atoms with E-state index in [0.29, 0.717) is 0 Å². The van der Waals surface area contributed by atoms with Gasteiger partial charge < -0.3 is 4.98 Å². The minimum atomic E-state index is -0.525. The second-order valence-electron chi connectivity index (χ2n) is 2.46. The van der Waals surface area contributed by atoms with Gasteiger partial charge in [-0.25, -0.2) is 0 Å². The molecule has 1 nitrogen and oxygen atoms in total. The summed E-state index contributed by atoms with van der Waals surface area (Å²) in [5, 5.41) is 0. The Morgan fingerprint density at radius 2 is 2.12 bits per heavy atom. The van der Waals surface area contributed by atoms with E-state index in [-0.39, 0.29) is 0 Å². The van der Waals surface area contributed by atoms with Crippen LogP contribution in [0.4, 0.5) is 0 Å². The molecule has 0 amide bonds. The lowest BCUT2D eigenvalue weighted by molar-refractivity contribution is 0.838. The van der Waals surface area contributed by atoms with Crippen molar-refractivity contribution in [3.05, 3.63) is 0 Å². The van der Waals surface area contributed by atoms with Gasteiger partial charge in [0.2, 0.25) is 0 Å². The Balaban J connectivity index is 3.29. The van der Waals surface area contributed by atoms with Crippen LogP contribution in [0.2, 0.25) is 12.1 Å². The van der Waals surface area contributed by atoms with Crippen molar-refractivity contribution in [3.8, 4) is 0 Å². The fourth-order valence-corrected chi connectivity index (χ4v) is 1.91. The molecule has 8 heavy (non-hydrogen) atoms. The second-order valence-corrected chi connectivity index (χ2v) is 5.76. The fourth-order valence-electron chi connectivity index (χ4n) is 0.638. The first-order chi connectivity index (χ1) is 3.72. The first-order valence-corrected chi connectivity index (χ1v) is 5.79. The normalized spacial score (nSPS) is 18.0. The maximum atomic E-state index is 3.35. The molecule has 0 rings (SSSR count). The molecule has 0 aliphatic rings. The number of nitrogens with one attached hydrogen (secondary N) is 1. The van der Waals surface area contributed by atoms with Crippen LogP contribution < -0.4 is 4.98 Å². The van der Waals surface area contributed by atoms with Gasteiger partial charge in [0, 0.05) is 0 Å². The first-order valence-electron chi connectivity index (χ1n) is 3.39. The Bertz CT molecular complexity index is 48.5. The van der Waals surface area contributed by atoms with E-state index >= 15 is 0 Å². The quantitative estimate of drug-likeness (QED) is 0.570. The smallest absolute Gasteiger partial charge is 0.108 e. The van der Waals surface area contributed by atoms with Crippen LogP contribution in [0.3, 0.4) is 0 Å². The Morgan fingerprint density at radius 3 is 2.25 bits per heavy atom. The van der Waals surface area contributed by atoms with E-state index in [9.17, 15) is 0 Å². The maximum Gasteiger partial charge on any atom is 0.108 e. The van der Waals surface area contributed by atoms with Crippen molar-refractivity contribution >= 4 is 8.96 Å². The lowest BCUT2D eigenvalue weighted by Crippen LogP contribution is -2.30. The minimum Gasteiger partial charge on any atom is -0.342 e. The van der Waals surface area contributed by atoms with E-state index in [0.717, 1.165) is 5.54 Å². The number of rotatable bonds is 3. The molecule has 0 aliphatic carbocycles. The molecular formula is C6H17NSi. The highest BCUT2D eigenvalue weighted by molar-refractivity contribution is 6.56. The van der Waals surface area contributed by atoms with E-state index in [4.69, 9.17) is 0 Å². The zero-order chi connectivity index (χ0) is 6.57. The van der Waals surface area contributed by atoms with Crippen LogP contribution in [0.15, 0.2) is 0 Å². The van der Waals surface area contributed by atoms with E-state index in [2.05, 4.69) is 32.4 Å². The maximum absolute atomic E-state index is 3.35. The van der Waals surface area contributed by atoms with Crippen LogP contribution in [0.1, 0.15) is 20.3 Å². The summed E-state index contributed by atoms with van der Waals surface area (Å²) in [7, 11) is 1.55. The molecule has 0 aromatic carbocycles. The van der Waals surface area contributed by atoms with Crippen LogP contribution in [0.5, 0.6) is 0 Å². The highest BCUT2D eigenvalue weighted by atomic mass is 28.3. The molecule has 0 bridgehead atoms. The standard InChI is InChI=1S/C6H17NSi/c1-5-6(2)8(4)7-3/h6-8H,5H2,1-4H3. The van der Waals surface area contributed by atoms with Crippen molar-refractivity contribution in [1.29, 1.82) is 0 Å². The average Bonchev–Trinajstić information content (AvgIpc) is 1.84. The third kappa shape index (κ3) is 2.48. The first kappa shape index (κ1) is 8.18. The van der Waals surface area contributed by atoms with Crippen molar-refractivity contribution in [3.63, 3.8) is 0 Å². The SMILES string of the molecule is CCC(C)[SiH](C)NC. The number of hydrogen-bond acceptors (Lipinski definition) is 1. The molecule has 0 saturated carbocycles. The molecule has 0 radical (unpaired) electrons. The van der Waals surface area contributed by atoms with E-state index in [1.165, 1.54) is 6.42 Å². The molecule has 0 spiro atoms. The van der Waals surface area contributed by atoms with E-state index in [1.54, 1.807) is 0 Å². The summed E-state index contributed by atoms with van der Waals surface area (Å²) in [6.45, 7) is 6.94. The summed E-state index contributed by atoms with van der Waals surface area (Å²) < 4.78 is 0. The zero-order valence-electron chi connectivity index (χ0n) is 6.36. The van der Waals surface area contributed by atoms with E-state index < -0.39 is 8.96 Å². The van der Waals surface area contributed by atoms with Gasteiger partial charge in [-0.2, -0.15) is 0 Å². The largest absolute Gasteiger partial charge is 0.342 e. The van der Waals surface area contributed by atoms with Gasteiger partial charge in [0.1, 0.15) is 8.96 Å². The van der Waals surface area contributed by atoms with Crippen LogP contribution in [0.25, 0.3) is 0 Å². The van der Waals surface area contributed by atoms with Crippen LogP contribution in [-0.4, -0.2) is 16.0 Å². The second kappa shape index (κ2) is 4.10. The number of hydrogen-bond donors (Lipinski definition) is 1. The van der Waals surface area contributed by atoms with Crippen LogP contribution >= 0.6 is 0 Å². The molecule has 0 aliphatic heterocycles. The Hall–Kier alpha value is 0.177. The van der Waals surface area contributed by atoms with Crippen LogP contribution in [-0.2, 0) is 0 Å². The molecule has 50 valence electrons. The lowest BCUT2D eigenvalue weighted by atomic mass is 10.4. The monoisotopic (exact) mass is 131 g/mol. The van der Waals surface area contributed by atoms with Gasteiger partial charge in [0.25, 0.3) is 0 Å². The lowest BCUT2D eigenvalue weighted by Gasteiger charge is -2.14. The summed E-state index contributed by atoms with van der Waals surface area (Å²) in [6, 6.07) is 0. The van der Waals surface area contributed by atoms with Crippen LogP contribution in [0, 0.1) is 0 Å². The van der Waals surface area contributed by atoms with Crippen molar-refractivity contribution in [1.82, 2.24) is 4.98 Å². The molecule has 0 saturated heterocycles. The van der Waals surface area contributed by atoms with E-state index in [1.807, 2.05) is 0 Å². The van der Waals surface area contributed by atoms with Gasteiger partial charge in [-0.3, -0.25) is 0 Å². The van der Waals surface area contributed by atoms with Gasteiger partial charge in [0.15, 0.2) is 0 Å². The van der Waals surface area contributed by atoms with Gasteiger partial charge >= 0.3 is 0 Å². The van der Waals surface area contributed by atoms with Crippen molar-refractivity contribution in [2.45, 2.75) is 32.4 Å². The molecule has 2 unspecified atom stereocenters. The fraction of sp³-hybridized carbons (Fsp3) is 1.00. The molecule has 0 aromatic heterocycles. The third-order valence-corrected chi connectivity index (χ3v) is 5.04. The van der Waals surface area contributed by atoms with Crippen molar-refractivity contribution in [2.75, 3.05) is 7.05 Å². The zero-order valence-corrected chi connectivity index (χ0v) is 7.52. The Morgan fingerprint density at radius 1 is 1.62 bits per heavy atom. The Labute approximate surface area is 54.2 Å². The summed E-state index contributed by atoms with van der Waals surface area (Å²) in [5.74, 6) is 0. The topological polar surface area (TPSA) is 12.0 Å². The summed E-state index contributed by atoms with van der Waals surface area (Å²) in [4.78, 5) is 3.35. The molecule has 0 fully saturated rings. The Kier molecular flexibility index (Phi) is 4.19. The minimum absolute atomic E-state index is 0.525. The summed E-state index contributed by atoms with van der Waals surface area (Å²) in [6.07, 6.45) is 1.33. The molecule has 0 heterocycles. The molecule has 0 aromatic rings. The average molecular weight is 131 g/mol. The predicted molar refractivity (Wildman–Crippen MR) is 41.8 cm³/mol. The van der Waals surface area contributed by atoms with Gasteiger partial charge in [0.05, 0.1) is 0 Å². The molecule has 2 atom stereocenters. The summed E-state index contributed by atoms with van der Waals surface area (Å²) in [5.41, 5.74) is 0.944. The molecular weight excluding hydrogens is 114 g/mol. The summed E-state index contributed by atoms with van der Waals surface area (Å²) >= 11 is 0. The van der Waals surface area contributed by atoms with Crippen molar-refractivity contribution < 1.29 is 0 Å². The molecule has 2 heteroatoms. The third-order valence-electron chi connectivity index (χ3n) is 1.95. The van der Waals surface area contributed by atoms with Crippen molar-refractivity contribution in [2.24, 2.45) is 0 Å². The van der Waals surface area contributed by atoms with Gasteiger partial charge in [-0.15, -0.1) is 0 Å². The predicted octanol–water partition coefficient (Wildman–Crippen LogP) is 1.36. The van der Waals surface area contributed by atoms with Gasteiger partial charge in [-0.1, -0.05) is 26.8 Å². The highest BCUT2D eigenvalue weighted by Gasteiger charge is 2.07.